The van der Waals surface area contributed by atoms with Crippen LogP contribution in [0.2, 0.25) is 5.15 Å². The van der Waals surface area contributed by atoms with Crippen LogP contribution in [0, 0.1) is 0 Å². The monoisotopic (exact) mass is 250 g/mol. The molecular formula is C12H11ClN2O2. The molecule has 88 valence electrons. The van der Waals surface area contributed by atoms with Crippen molar-refractivity contribution in [1.29, 1.82) is 0 Å². The van der Waals surface area contributed by atoms with Gasteiger partial charge in [0.05, 0.1) is 7.11 Å². The molecule has 5 heteroatoms. The van der Waals surface area contributed by atoms with Crippen LogP contribution in [0.3, 0.4) is 0 Å². The minimum absolute atomic E-state index is 0.345. The standard InChI is InChI=1S/C12H11ClN2O2/c1-16-10-3-2-4-11(7-10)17-8-9-5-6-12(13)15-14-9/h2-7H,8H2,1H3. The van der Waals surface area contributed by atoms with Crippen LogP contribution in [0.1, 0.15) is 5.69 Å². The number of rotatable bonds is 4. The smallest absolute Gasteiger partial charge is 0.151 e. The molecule has 0 N–H and O–H groups in total. The Labute approximate surface area is 104 Å². The number of methoxy groups -OCH3 is 1. The van der Waals surface area contributed by atoms with Gasteiger partial charge in [-0.2, -0.15) is 5.10 Å². The van der Waals surface area contributed by atoms with E-state index in [1.54, 1.807) is 19.2 Å². The zero-order valence-corrected chi connectivity index (χ0v) is 10.0. The summed E-state index contributed by atoms with van der Waals surface area (Å²) in [6, 6.07) is 10.8. The highest BCUT2D eigenvalue weighted by atomic mass is 35.5. The molecule has 17 heavy (non-hydrogen) atoms. The second-order valence-corrected chi connectivity index (χ2v) is 3.70. The average Bonchev–Trinajstić information content (AvgIpc) is 2.38. The molecule has 2 aromatic rings. The first-order valence-electron chi connectivity index (χ1n) is 5.03. The van der Waals surface area contributed by atoms with Crippen LogP contribution in [-0.4, -0.2) is 17.3 Å². The lowest BCUT2D eigenvalue weighted by Gasteiger charge is -2.06. The van der Waals surface area contributed by atoms with Crippen LogP contribution >= 0.6 is 11.6 Å². The first kappa shape index (κ1) is 11.7. The van der Waals surface area contributed by atoms with Crippen molar-refractivity contribution in [2.24, 2.45) is 0 Å². The van der Waals surface area contributed by atoms with Crippen LogP contribution in [0.25, 0.3) is 0 Å². The molecule has 0 unspecified atom stereocenters. The molecule has 1 aromatic heterocycles. The van der Waals surface area contributed by atoms with Crippen molar-refractivity contribution >= 4 is 11.6 Å². The van der Waals surface area contributed by atoms with E-state index < -0.39 is 0 Å². The normalized spacial score (nSPS) is 10.0. The summed E-state index contributed by atoms with van der Waals surface area (Å²) < 4.78 is 10.6. The molecule has 1 aromatic carbocycles. The lowest BCUT2D eigenvalue weighted by molar-refractivity contribution is 0.297. The van der Waals surface area contributed by atoms with Crippen LogP contribution in [-0.2, 0) is 6.61 Å². The largest absolute Gasteiger partial charge is 0.497 e. The van der Waals surface area contributed by atoms with Gasteiger partial charge in [0.2, 0.25) is 0 Å². The molecule has 0 spiro atoms. The maximum Gasteiger partial charge on any atom is 0.151 e. The van der Waals surface area contributed by atoms with Gasteiger partial charge in [0.15, 0.2) is 5.15 Å². The Kier molecular flexibility index (Phi) is 3.77. The molecule has 0 aliphatic carbocycles. The lowest BCUT2D eigenvalue weighted by Crippen LogP contribution is -1.99. The topological polar surface area (TPSA) is 44.2 Å². The van der Waals surface area contributed by atoms with Crippen molar-refractivity contribution in [3.8, 4) is 11.5 Å². The molecule has 0 aliphatic heterocycles. The number of ether oxygens (including phenoxy) is 2. The van der Waals surface area contributed by atoms with Gasteiger partial charge in [-0.3, -0.25) is 0 Å². The predicted octanol–water partition coefficient (Wildman–Crippen LogP) is 2.72. The minimum Gasteiger partial charge on any atom is -0.497 e. The number of benzene rings is 1. The fraction of sp³-hybridized carbons (Fsp3) is 0.167. The van der Waals surface area contributed by atoms with Crippen molar-refractivity contribution in [3.05, 3.63) is 47.2 Å². The number of halogens is 1. The first-order valence-corrected chi connectivity index (χ1v) is 5.40. The summed E-state index contributed by atoms with van der Waals surface area (Å²) in [7, 11) is 1.61. The molecular weight excluding hydrogens is 240 g/mol. The van der Waals surface area contributed by atoms with Crippen molar-refractivity contribution in [1.82, 2.24) is 10.2 Å². The van der Waals surface area contributed by atoms with E-state index in [0.717, 1.165) is 17.2 Å². The zero-order chi connectivity index (χ0) is 12.1. The summed E-state index contributed by atoms with van der Waals surface area (Å²) in [5.74, 6) is 1.48. The molecule has 0 radical (unpaired) electrons. The third-order valence-electron chi connectivity index (χ3n) is 2.12. The Morgan fingerprint density at radius 3 is 2.65 bits per heavy atom. The Balaban J connectivity index is 1.99. The van der Waals surface area contributed by atoms with E-state index in [-0.39, 0.29) is 0 Å². The molecule has 0 bridgehead atoms. The predicted molar refractivity (Wildman–Crippen MR) is 64.4 cm³/mol. The minimum atomic E-state index is 0.345. The maximum atomic E-state index is 5.64. The summed E-state index contributed by atoms with van der Waals surface area (Å²) in [5, 5.41) is 8.00. The molecule has 0 saturated carbocycles. The Hall–Kier alpha value is -1.81. The number of hydrogen-bond donors (Lipinski definition) is 0. The molecule has 1 heterocycles. The summed E-state index contributed by atoms with van der Waals surface area (Å²) >= 11 is 5.64. The Morgan fingerprint density at radius 1 is 1.12 bits per heavy atom. The lowest BCUT2D eigenvalue weighted by atomic mass is 10.3. The van der Waals surface area contributed by atoms with Crippen LogP contribution in [0.5, 0.6) is 11.5 Å². The molecule has 0 amide bonds. The van der Waals surface area contributed by atoms with Crippen molar-refractivity contribution in [3.63, 3.8) is 0 Å². The molecule has 4 nitrogen and oxygen atoms in total. The zero-order valence-electron chi connectivity index (χ0n) is 9.26. The van der Waals surface area contributed by atoms with Gasteiger partial charge in [-0.15, -0.1) is 5.10 Å². The van der Waals surface area contributed by atoms with E-state index in [9.17, 15) is 0 Å². The summed E-state index contributed by atoms with van der Waals surface area (Å²) in [4.78, 5) is 0. The van der Waals surface area contributed by atoms with Crippen molar-refractivity contribution in [2.75, 3.05) is 7.11 Å². The van der Waals surface area contributed by atoms with Gasteiger partial charge < -0.3 is 9.47 Å². The quantitative estimate of drug-likeness (QED) is 0.837. The summed E-state index contributed by atoms with van der Waals surface area (Å²) in [6.07, 6.45) is 0. The van der Waals surface area contributed by atoms with E-state index >= 15 is 0 Å². The van der Waals surface area contributed by atoms with Gasteiger partial charge >= 0.3 is 0 Å². The number of nitrogens with zero attached hydrogens (tertiary/aromatic N) is 2. The SMILES string of the molecule is COc1cccc(OCc2ccc(Cl)nn2)c1. The second-order valence-electron chi connectivity index (χ2n) is 3.32. The van der Waals surface area contributed by atoms with E-state index in [0.29, 0.717) is 11.8 Å². The van der Waals surface area contributed by atoms with Gasteiger partial charge in [-0.05, 0) is 24.3 Å². The third-order valence-corrected chi connectivity index (χ3v) is 2.32. The van der Waals surface area contributed by atoms with Gasteiger partial charge in [0, 0.05) is 6.07 Å². The van der Waals surface area contributed by atoms with Gasteiger partial charge in [-0.25, -0.2) is 0 Å². The highest BCUT2D eigenvalue weighted by Gasteiger charge is 1.99. The highest BCUT2D eigenvalue weighted by molar-refractivity contribution is 6.29. The van der Waals surface area contributed by atoms with E-state index in [1.165, 1.54) is 0 Å². The van der Waals surface area contributed by atoms with E-state index in [4.69, 9.17) is 21.1 Å². The summed E-state index contributed by atoms with van der Waals surface area (Å²) in [5.41, 5.74) is 0.720. The number of hydrogen-bond acceptors (Lipinski definition) is 4. The molecule has 0 aliphatic rings. The fourth-order valence-corrected chi connectivity index (χ4v) is 1.37. The number of aromatic nitrogens is 2. The van der Waals surface area contributed by atoms with Crippen LogP contribution in [0.15, 0.2) is 36.4 Å². The fourth-order valence-electron chi connectivity index (χ4n) is 1.27. The third kappa shape index (κ3) is 3.32. The average molecular weight is 251 g/mol. The highest BCUT2D eigenvalue weighted by Crippen LogP contribution is 2.19. The molecule has 2 rings (SSSR count). The van der Waals surface area contributed by atoms with Gasteiger partial charge in [0.1, 0.15) is 23.8 Å². The van der Waals surface area contributed by atoms with Crippen LogP contribution < -0.4 is 9.47 Å². The van der Waals surface area contributed by atoms with E-state index in [2.05, 4.69) is 10.2 Å². The van der Waals surface area contributed by atoms with Crippen LogP contribution in [0.4, 0.5) is 0 Å². The molecule has 0 saturated heterocycles. The van der Waals surface area contributed by atoms with Gasteiger partial charge in [0.25, 0.3) is 0 Å². The maximum absolute atomic E-state index is 5.64. The Bertz CT molecular complexity index is 488. The molecule has 0 atom stereocenters. The van der Waals surface area contributed by atoms with E-state index in [1.807, 2.05) is 24.3 Å². The Morgan fingerprint density at radius 2 is 1.94 bits per heavy atom. The summed E-state index contributed by atoms with van der Waals surface area (Å²) in [6.45, 7) is 0.345. The van der Waals surface area contributed by atoms with Crippen molar-refractivity contribution < 1.29 is 9.47 Å². The first-order chi connectivity index (χ1) is 8.28. The van der Waals surface area contributed by atoms with Gasteiger partial charge in [-0.1, -0.05) is 17.7 Å². The molecule has 0 fully saturated rings. The second kappa shape index (κ2) is 5.50. The van der Waals surface area contributed by atoms with Crippen molar-refractivity contribution in [2.45, 2.75) is 6.61 Å².